The van der Waals surface area contributed by atoms with Gasteiger partial charge < -0.3 is 16.4 Å². The number of carbonyl (C=O) groups excluding carboxylic acids is 1. The number of amides is 1. The summed E-state index contributed by atoms with van der Waals surface area (Å²) in [6, 6.07) is 1.65. The fraction of sp³-hybridized carbons (Fsp3) is 0.545. The summed E-state index contributed by atoms with van der Waals surface area (Å²) in [5.74, 6) is 1.62. The van der Waals surface area contributed by atoms with Crippen molar-refractivity contribution in [2.75, 3.05) is 24.6 Å². The average Bonchev–Trinajstić information content (AvgIpc) is 2.24. The number of aromatic nitrogens is 2. The number of hydrogen-bond acceptors (Lipinski definition) is 5. The third kappa shape index (κ3) is 3.58. The lowest BCUT2D eigenvalue weighted by atomic mass is 9.92. The Bertz CT molecular complexity index is 396. The van der Waals surface area contributed by atoms with Gasteiger partial charge in [0.25, 0.3) is 0 Å². The molecule has 0 atom stereocenters. The summed E-state index contributed by atoms with van der Waals surface area (Å²) in [6.45, 7) is 5.96. The van der Waals surface area contributed by atoms with Crippen LogP contribution in [0.3, 0.4) is 0 Å². The van der Waals surface area contributed by atoms with Crippen LogP contribution in [0.2, 0.25) is 0 Å². The molecule has 4 N–H and O–H groups in total. The summed E-state index contributed by atoms with van der Waals surface area (Å²) < 4.78 is 0. The van der Waals surface area contributed by atoms with Crippen LogP contribution in [0.4, 0.5) is 11.6 Å². The SMILES string of the molecule is CNC(=O)C(C)(C)CNc1cc(N)nc(C)n1. The molecule has 1 aromatic heterocycles. The number of nitrogen functional groups attached to an aromatic ring is 1. The molecule has 0 aliphatic carbocycles. The van der Waals surface area contributed by atoms with Crippen molar-refractivity contribution in [3.8, 4) is 0 Å². The lowest BCUT2D eigenvalue weighted by molar-refractivity contribution is -0.128. The Kier molecular flexibility index (Phi) is 3.88. The van der Waals surface area contributed by atoms with Crippen molar-refractivity contribution >= 4 is 17.5 Å². The Balaban J connectivity index is 2.70. The molecule has 17 heavy (non-hydrogen) atoms. The van der Waals surface area contributed by atoms with Gasteiger partial charge in [-0.05, 0) is 20.8 Å². The van der Waals surface area contributed by atoms with Crippen LogP contribution in [0.5, 0.6) is 0 Å². The van der Waals surface area contributed by atoms with Gasteiger partial charge in [0.1, 0.15) is 17.5 Å². The number of anilines is 2. The number of nitrogens with zero attached hydrogens (tertiary/aromatic N) is 2. The summed E-state index contributed by atoms with van der Waals surface area (Å²) >= 11 is 0. The molecule has 1 amide bonds. The fourth-order valence-corrected chi connectivity index (χ4v) is 1.41. The highest BCUT2D eigenvalue weighted by Gasteiger charge is 2.26. The summed E-state index contributed by atoms with van der Waals surface area (Å²) in [6.07, 6.45) is 0. The number of aryl methyl sites for hydroxylation is 1. The monoisotopic (exact) mass is 237 g/mol. The minimum absolute atomic E-state index is 0.0243. The van der Waals surface area contributed by atoms with Gasteiger partial charge in [0, 0.05) is 19.7 Å². The molecule has 1 aromatic rings. The lowest BCUT2D eigenvalue weighted by Crippen LogP contribution is -2.39. The fourth-order valence-electron chi connectivity index (χ4n) is 1.41. The normalized spacial score (nSPS) is 11.1. The van der Waals surface area contributed by atoms with E-state index in [0.29, 0.717) is 24.0 Å². The molecule has 1 rings (SSSR count). The summed E-state index contributed by atoms with van der Waals surface area (Å²) in [7, 11) is 1.62. The highest BCUT2D eigenvalue weighted by Crippen LogP contribution is 2.16. The predicted octanol–water partition coefficient (Wildman–Crippen LogP) is 0.551. The maximum Gasteiger partial charge on any atom is 0.227 e. The first-order valence-electron chi connectivity index (χ1n) is 5.42. The van der Waals surface area contributed by atoms with Gasteiger partial charge in [-0.3, -0.25) is 4.79 Å². The summed E-state index contributed by atoms with van der Waals surface area (Å²) in [5, 5.41) is 5.72. The summed E-state index contributed by atoms with van der Waals surface area (Å²) in [5.41, 5.74) is 5.10. The molecule has 0 unspecified atom stereocenters. The first-order chi connectivity index (χ1) is 7.85. The molecule has 0 radical (unpaired) electrons. The Labute approximate surface area is 101 Å². The van der Waals surface area contributed by atoms with Gasteiger partial charge in [-0.15, -0.1) is 0 Å². The molecular formula is C11H19N5O. The van der Waals surface area contributed by atoms with E-state index >= 15 is 0 Å². The standard InChI is InChI=1S/C11H19N5O/c1-7-15-8(12)5-9(16-7)14-6-11(2,3)10(17)13-4/h5H,6H2,1-4H3,(H,13,17)(H3,12,14,15,16). The van der Waals surface area contributed by atoms with Crippen molar-refractivity contribution in [1.29, 1.82) is 0 Å². The number of hydrogen-bond donors (Lipinski definition) is 3. The molecular weight excluding hydrogens is 218 g/mol. The Morgan fingerprint density at radius 2 is 2.12 bits per heavy atom. The minimum Gasteiger partial charge on any atom is -0.384 e. The van der Waals surface area contributed by atoms with Crippen LogP contribution in [-0.4, -0.2) is 29.5 Å². The van der Waals surface area contributed by atoms with E-state index in [-0.39, 0.29) is 5.91 Å². The van der Waals surface area contributed by atoms with Gasteiger partial charge in [0.15, 0.2) is 0 Å². The third-order valence-corrected chi connectivity index (χ3v) is 2.41. The van der Waals surface area contributed by atoms with E-state index in [0.717, 1.165) is 0 Å². The first-order valence-corrected chi connectivity index (χ1v) is 5.42. The highest BCUT2D eigenvalue weighted by atomic mass is 16.2. The molecule has 0 spiro atoms. The van der Waals surface area contributed by atoms with Gasteiger partial charge in [-0.1, -0.05) is 0 Å². The third-order valence-electron chi connectivity index (χ3n) is 2.41. The topological polar surface area (TPSA) is 92.9 Å². The number of nitrogens with one attached hydrogen (secondary N) is 2. The molecule has 0 aliphatic heterocycles. The van der Waals surface area contributed by atoms with Gasteiger partial charge in [-0.25, -0.2) is 9.97 Å². The Morgan fingerprint density at radius 3 is 2.65 bits per heavy atom. The van der Waals surface area contributed by atoms with Crippen molar-refractivity contribution in [2.24, 2.45) is 5.41 Å². The van der Waals surface area contributed by atoms with Crippen molar-refractivity contribution in [2.45, 2.75) is 20.8 Å². The highest BCUT2D eigenvalue weighted by molar-refractivity contribution is 5.82. The molecule has 0 saturated carbocycles. The van der Waals surface area contributed by atoms with Crippen molar-refractivity contribution < 1.29 is 4.79 Å². The van der Waals surface area contributed by atoms with Crippen molar-refractivity contribution in [3.63, 3.8) is 0 Å². The van der Waals surface area contributed by atoms with Crippen LogP contribution in [0.1, 0.15) is 19.7 Å². The van der Waals surface area contributed by atoms with Gasteiger partial charge in [0.2, 0.25) is 5.91 Å². The Hall–Kier alpha value is -1.85. The zero-order valence-corrected chi connectivity index (χ0v) is 10.7. The van der Waals surface area contributed by atoms with Crippen LogP contribution in [0, 0.1) is 12.3 Å². The molecule has 6 nitrogen and oxygen atoms in total. The molecule has 0 fully saturated rings. The molecule has 6 heteroatoms. The maximum absolute atomic E-state index is 11.6. The van der Waals surface area contributed by atoms with Crippen LogP contribution < -0.4 is 16.4 Å². The molecule has 0 aliphatic rings. The van der Waals surface area contributed by atoms with E-state index in [4.69, 9.17) is 5.73 Å². The quantitative estimate of drug-likeness (QED) is 0.711. The van der Waals surface area contributed by atoms with E-state index in [9.17, 15) is 4.79 Å². The number of rotatable bonds is 4. The molecule has 1 heterocycles. The van der Waals surface area contributed by atoms with E-state index in [2.05, 4.69) is 20.6 Å². The average molecular weight is 237 g/mol. The van der Waals surface area contributed by atoms with Crippen LogP contribution in [0.15, 0.2) is 6.07 Å². The molecule has 0 bridgehead atoms. The zero-order valence-electron chi connectivity index (χ0n) is 10.7. The van der Waals surface area contributed by atoms with Crippen LogP contribution >= 0.6 is 0 Å². The van der Waals surface area contributed by atoms with Crippen LogP contribution in [-0.2, 0) is 4.79 Å². The van der Waals surface area contributed by atoms with Crippen LogP contribution in [0.25, 0.3) is 0 Å². The molecule has 94 valence electrons. The van der Waals surface area contributed by atoms with E-state index in [1.54, 1.807) is 20.0 Å². The lowest BCUT2D eigenvalue weighted by Gasteiger charge is -2.23. The van der Waals surface area contributed by atoms with Crippen molar-refractivity contribution in [1.82, 2.24) is 15.3 Å². The number of nitrogens with two attached hydrogens (primary N) is 1. The zero-order chi connectivity index (χ0) is 13.1. The second-order valence-electron chi connectivity index (χ2n) is 4.54. The van der Waals surface area contributed by atoms with Gasteiger partial charge >= 0.3 is 0 Å². The van der Waals surface area contributed by atoms with E-state index in [1.807, 2.05) is 13.8 Å². The molecule has 0 aromatic carbocycles. The second-order valence-corrected chi connectivity index (χ2v) is 4.54. The van der Waals surface area contributed by atoms with Gasteiger partial charge in [-0.2, -0.15) is 0 Å². The van der Waals surface area contributed by atoms with E-state index in [1.165, 1.54) is 0 Å². The second kappa shape index (κ2) is 4.99. The Morgan fingerprint density at radius 1 is 1.47 bits per heavy atom. The van der Waals surface area contributed by atoms with Crippen molar-refractivity contribution in [3.05, 3.63) is 11.9 Å². The summed E-state index contributed by atoms with van der Waals surface area (Å²) in [4.78, 5) is 19.7. The maximum atomic E-state index is 11.6. The molecule has 0 saturated heterocycles. The largest absolute Gasteiger partial charge is 0.384 e. The minimum atomic E-state index is -0.512. The predicted molar refractivity (Wildman–Crippen MR) is 67.5 cm³/mol. The first kappa shape index (κ1) is 13.2. The van der Waals surface area contributed by atoms with Gasteiger partial charge in [0.05, 0.1) is 5.41 Å². The number of carbonyl (C=O) groups is 1. The van der Waals surface area contributed by atoms with E-state index < -0.39 is 5.41 Å². The smallest absolute Gasteiger partial charge is 0.227 e.